The van der Waals surface area contributed by atoms with E-state index in [2.05, 4.69) is 10.6 Å². The third-order valence-electron chi connectivity index (χ3n) is 5.19. The smallest absolute Gasteiger partial charge is 0.326 e. The zero-order chi connectivity index (χ0) is 25.3. The maximum atomic E-state index is 12.9. The number of nitrogens with two attached hydrogens (primary N) is 2. The number of hydrogen-bond acceptors (Lipinski definition) is 7. The topological polar surface area (TPSA) is 222 Å². The second kappa shape index (κ2) is 12.7. The van der Waals surface area contributed by atoms with Crippen molar-refractivity contribution in [3.63, 3.8) is 0 Å². The van der Waals surface area contributed by atoms with Gasteiger partial charge in [0.2, 0.25) is 23.6 Å². The van der Waals surface area contributed by atoms with Gasteiger partial charge in [0.05, 0.1) is 12.5 Å². The third kappa shape index (κ3) is 9.04. The van der Waals surface area contributed by atoms with Crippen LogP contribution >= 0.6 is 0 Å². The zero-order valence-electron chi connectivity index (χ0n) is 18.8. The van der Waals surface area contributed by atoms with E-state index in [0.29, 0.717) is 12.8 Å². The van der Waals surface area contributed by atoms with Crippen LogP contribution in [0.3, 0.4) is 0 Å². The van der Waals surface area contributed by atoms with Crippen LogP contribution in [0, 0.1) is 5.92 Å². The molecule has 4 unspecified atom stereocenters. The molecule has 1 fully saturated rings. The molecule has 1 aliphatic heterocycles. The number of nitrogens with zero attached hydrogens (tertiary/aromatic N) is 1. The fraction of sp³-hybridized carbons (Fsp3) is 0.700. The number of likely N-dealkylation sites (tertiary alicyclic amines) is 1. The van der Waals surface area contributed by atoms with Crippen LogP contribution in [0.15, 0.2) is 0 Å². The van der Waals surface area contributed by atoms with Crippen molar-refractivity contribution in [2.24, 2.45) is 17.4 Å². The summed E-state index contributed by atoms with van der Waals surface area (Å²) in [6.45, 7) is 3.82. The predicted molar refractivity (Wildman–Crippen MR) is 114 cm³/mol. The van der Waals surface area contributed by atoms with Gasteiger partial charge in [-0.3, -0.25) is 24.0 Å². The van der Waals surface area contributed by atoms with Crippen LogP contribution < -0.4 is 22.1 Å². The summed E-state index contributed by atoms with van der Waals surface area (Å²) in [7, 11) is 0. The number of hydrogen-bond donors (Lipinski definition) is 6. The summed E-state index contributed by atoms with van der Waals surface area (Å²) in [4.78, 5) is 73.1. The van der Waals surface area contributed by atoms with Crippen molar-refractivity contribution < 1.29 is 39.0 Å². The molecule has 8 N–H and O–H groups in total. The number of nitrogens with one attached hydrogen (secondary N) is 2. The van der Waals surface area contributed by atoms with E-state index >= 15 is 0 Å². The number of aliphatic carboxylic acids is 2. The number of carboxylic acids is 2. The largest absolute Gasteiger partial charge is 0.481 e. The van der Waals surface area contributed by atoms with Gasteiger partial charge in [-0.25, -0.2) is 4.79 Å². The Morgan fingerprint density at radius 2 is 1.64 bits per heavy atom. The molecular formula is C20H33N5O8. The van der Waals surface area contributed by atoms with Crippen LogP contribution in [-0.2, 0) is 28.8 Å². The highest BCUT2D eigenvalue weighted by Crippen LogP contribution is 2.19. The van der Waals surface area contributed by atoms with Crippen LogP contribution in [-0.4, -0.2) is 81.4 Å². The van der Waals surface area contributed by atoms with Crippen molar-refractivity contribution in [2.45, 2.75) is 76.5 Å². The van der Waals surface area contributed by atoms with Gasteiger partial charge in [0.1, 0.15) is 18.1 Å². The second-order valence-corrected chi connectivity index (χ2v) is 8.49. The Hall–Kier alpha value is -3.22. The van der Waals surface area contributed by atoms with Crippen LogP contribution in [0.25, 0.3) is 0 Å². The van der Waals surface area contributed by atoms with Crippen LogP contribution in [0.2, 0.25) is 0 Å². The highest BCUT2D eigenvalue weighted by atomic mass is 16.4. The summed E-state index contributed by atoms with van der Waals surface area (Å²) < 4.78 is 0. The zero-order valence-corrected chi connectivity index (χ0v) is 18.8. The quantitative estimate of drug-likeness (QED) is 0.177. The highest BCUT2D eigenvalue weighted by Gasteiger charge is 2.39. The van der Waals surface area contributed by atoms with Crippen molar-refractivity contribution >= 4 is 35.6 Å². The average molecular weight is 472 g/mol. The molecule has 0 aromatic rings. The van der Waals surface area contributed by atoms with Gasteiger partial charge in [-0.1, -0.05) is 13.8 Å². The molecule has 0 aromatic heterocycles. The van der Waals surface area contributed by atoms with Crippen molar-refractivity contribution in [3.8, 4) is 0 Å². The summed E-state index contributed by atoms with van der Waals surface area (Å²) in [5.41, 5.74) is 11.0. The van der Waals surface area contributed by atoms with Crippen molar-refractivity contribution in [3.05, 3.63) is 0 Å². The molecule has 1 heterocycles. The van der Waals surface area contributed by atoms with E-state index < -0.39 is 66.2 Å². The SMILES string of the molecule is CC(C)CC(N)C(=O)NC(CCC(N)=O)C(=O)NC(CC(=O)O)C(=O)N1CCCC1C(=O)O. The Morgan fingerprint density at radius 3 is 2.15 bits per heavy atom. The molecule has 0 aromatic carbocycles. The first-order valence-electron chi connectivity index (χ1n) is 10.7. The molecule has 4 atom stereocenters. The van der Waals surface area contributed by atoms with E-state index in [4.69, 9.17) is 11.5 Å². The minimum absolute atomic E-state index is 0.101. The molecule has 33 heavy (non-hydrogen) atoms. The monoisotopic (exact) mass is 471 g/mol. The van der Waals surface area contributed by atoms with Gasteiger partial charge in [-0.15, -0.1) is 0 Å². The van der Waals surface area contributed by atoms with Gasteiger partial charge in [0.25, 0.3) is 0 Å². The Bertz CT molecular complexity index is 772. The first-order chi connectivity index (χ1) is 15.3. The van der Waals surface area contributed by atoms with Gasteiger partial charge in [0.15, 0.2) is 0 Å². The third-order valence-corrected chi connectivity index (χ3v) is 5.19. The molecule has 13 heteroatoms. The summed E-state index contributed by atoms with van der Waals surface area (Å²) in [6.07, 6.45) is -0.293. The Balaban J connectivity index is 3.02. The van der Waals surface area contributed by atoms with E-state index in [9.17, 15) is 39.0 Å². The van der Waals surface area contributed by atoms with E-state index in [0.717, 1.165) is 4.90 Å². The van der Waals surface area contributed by atoms with E-state index in [1.54, 1.807) is 0 Å². The molecule has 186 valence electrons. The lowest BCUT2D eigenvalue weighted by atomic mass is 10.0. The lowest BCUT2D eigenvalue weighted by Crippen LogP contribution is -2.57. The summed E-state index contributed by atoms with van der Waals surface area (Å²) in [5.74, 6) is -5.67. The Morgan fingerprint density at radius 1 is 1.03 bits per heavy atom. The maximum absolute atomic E-state index is 12.9. The number of carboxylic acid groups (broad SMARTS) is 2. The van der Waals surface area contributed by atoms with E-state index in [-0.39, 0.29) is 31.7 Å². The second-order valence-electron chi connectivity index (χ2n) is 8.49. The van der Waals surface area contributed by atoms with E-state index in [1.807, 2.05) is 13.8 Å². The Kier molecular flexibility index (Phi) is 10.7. The fourth-order valence-electron chi connectivity index (χ4n) is 3.58. The summed E-state index contributed by atoms with van der Waals surface area (Å²) in [5, 5.41) is 23.2. The van der Waals surface area contributed by atoms with Crippen LogP contribution in [0.5, 0.6) is 0 Å². The first kappa shape index (κ1) is 27.8. The molecule has 0 spiro atoms. The highest BCUT2D eigenvalue weighted by molar-refractivity contribution is 5.96. The van der Waals surface area contributed by atoms with Crippen LogP contribution in [0.1, 0.15) is 52.4 Å². The predicted octanol–water partition coefficient (Wildman–Crippen LogP) is -1.85. The molecule has 1 rings (SSSR count). The Labute approximate surface area is 191 Å². The molecule has 0 bridgehead atoms. The molecule has 0 radical (unpaired) electrons. The first-order valence-corrected chi connectivity index (χ1v) is 10.7. The molecule has 0 saturated carbocycles. The summed E-state index contributed by atoms with van der Waals surface area (Å²) >= 11 is 0. The standard InChI is InChI=1S/C20H33N5O8/c1-10(2)8-11(21)17(29)23-12(5-6-15(22)26)18(30)24-13(9-16(27)28)19(31)25-7-3-4-14(25)20(32)33/h10-14H,3-9,21H2,1-2H3,(H2,22,26)(H,23,29)(H,24,30)(H,27,28)(H,32,33). The molecule has 1 saturated heterocycles. The number of primary amides is 1. The lowest BCUT2D eigenvalue weighted by Gasteiger charge is -2.28. The fourth-order valence-corrected chi connectivity index (χ4v) is 3.58. The van der Waals surface area contributed by atoms with Gasteiger partial charge in [-0.2, -0.15) is 0 Å². The number of carbonyl (C=O) groups is 6. The molecule has 0 aliphatic carbocycles. The minimum atomic E-state index is -1.56. The average Bonchev–Trinajstić information content (AvgIpc) is 3.18. The molecule has 13 nitrogen and oxygen atoms in total. The van der Waals surface area contributed by atoms with Crippen LogP contribution in [0.4, 0.5) is 0 Å². The molecule has 1 aliphatic rings. The van der Waals surface area contributed by atoms with Crippen molar-refractivity contribution in [1.29, 1.82) is 0 Å². The van der Waals surface area contributed by atoms with Gasteiger partial charge in [-0.05, 0) is 31.6 Å². The van der Waals surface area contributed by atoms with Crippen molar-refractivity contribution in [1.82, 2.24) is 15.5 Å². The minimum Gasteiger partial charge on any atom is -0.481 e. The maximum Gasteiger partial charge on any atom is 0.326 e. The number of amides is 4. The van der Waals surface area contributed by atoms with E-state index in [1.165, 1.54) is 0 Å². The van der Waals surface area contributed by atoms with Crippen molar-refractivity contribution in [2.75, 3.05) is 6.54 Å². The lowest BCUT2D eigenvalue weighted by molar-refractivity contribution is -0.150. The normalized spacial score (nSPS) is 18.3. The number of rotatable bonds is 13. The molecular weight excluding hydrogens is 438 g/mol. The van der Waals surface area contributed by atoms with Gasteiger partial charge < -0.3 is 37.2 Å². The summed E-state index contributed by atoms with van der Waals surface area (Å²) in [6, 6.07) is -4.91. The van der Waals surface area contributed by atoms with Gasteiger partial charge in [0, 0.05) is 13.0 Å². The van der Waals surface area contributed by atoms with Gasteiger partial charge >= 0.3 is 11.9 Å². The number of carbonyl (C=O) groups excluding carboxylic acids is 4. The molecule has 4 amide bonds.